The van der Waals surface area contributed by atoms with E-state index in [0.717, 1.165) is 42.4 Å². The summed E-state index contributed by atoms with van der Waals surface area (Å²) in [7, 11) is -3.72. The molecule has 3 aromatic rings. The third-order valence-electron chi connectivity index (χ3n) is 9.64. The molecule has 284 valence electrons. The number of hydrogen-bond acceptors (Lipinski definition) is 7. The highest BCUT2D eigenvalue weighted by Gasteiger charge is 2.31. The number of carbonyl (C=O) groups is 1. The van der Waals surface area contributed by atoms with Crippen LogP contribution in [0.1, 0.15) is 81.4 Å². The summed E-state index contributed by atoms with van der Waals surface area (Å²) in [5.41, 5.74) is 3.07. The largest absolute Gasteiger partial charge is 0.396 e. The number of nitrogens with zero attached hydrogens (tertiary/aromatic N) is 2. The molecular weight excluding hydrogens is 675 g/mol. The Bertz CT molecular complexity index is 1590. The maximum atomic E-state index is 13.9. The first kappa shape index (κ1) is 41.4. The molecule has 3 aromatic carbocycles. The summed E-state index contributed by atoms with van der Waals surface area (Å²) in [6.45, 7) is 5.87. The van der Waals surface area contributed by atoms with Crippen molar-refractivity contribution in [2.75, 3.05) is 26.2 Å². The predicted octanol–water partition coefficient (Wildman–Crippen LogP) is 6.38. The number of benzene rings is 3. The van der Waals surface area contributed by atoms with Crippen molar-refractivity contribution in [3.63, 3.8) is 0 Å². The summed E-state index contributed by atoms with van der Waals surface area (Å²) in [6.07, 6.45) is 9.32. The lowest BCUT2D eigenvalue weighted by molar-refractivity contribution is -0.132. The van der Waals surface area contributed by atoms with E-state index in [0.29, 0.717) is 51.9 Å². The Labute approximate surface area is 311 Å². The van der Waals surface area contributed by atoms with Crippen LogP contribution < -0.4 is 5.32 Å². The molecule has 10 heteroatoms. The Kier molecular flexibility index (Phi) is 17.5. The number of aliphatic hydroxyl groups excluding tert-OH is 2. The zero-order chi connectivity index (χ0) is 37.2. The number of sulfonamides is 1. The molecule has 9 nitrogen and oxygen atoms in total. The number of amides is 1. The van der Waals surface area contributed by atoms with Crippen molar-refractivity contribution < 1.29 is 28.2 Å². The van der Waals surface area contributed by atoms with Crippen LogP contribution in [0, 0.1) is 6.92 Å². The fourth-order valence-corrected chi connectivity index (χ4v) is 8.10. The zero-order valence-electron chi connectivity index (χ0n) is 31.0. The van der Waals surface area contributed by atoms with Gasteiger partial charge in [-0.3, -0.25) is 4.79 Å². The molecule has 0 radical (unpaired) electrons. The molecule has 0 bridgehead atoms. The van der Waals surface area contributed by atoms with E-state index in [-0.39, 0.29) is 48.6 Å². The van der Waals surface area contributed by atoms with Gasteiger partial charge in [-0.15, -0.1) is 0 Å². The summed E-state index contributed by atoms with van der Waals surface area (Å²) in [5, 5.41) is 24.6. The Balaban J connectivity index is 1.37. The minimum absolute atomic E-state index is 0.00845. The third-order valence-corrected chi connectivity index (χ3v) is 11.6. The van der Waals surface area contributed by atoms with Crippen LogP contribution in [0.25, 0.3) is 0 Å². The molecule has 0 aliphatic carbocycles. The highest BCUT2D eigenvalue weighted by Crippen LogP contribution is 2.22. The quantitative estimate of drug-likeness (QED) is 0.0765. The van der Waals surface area contributed by atoms with Crippen molar-refractivity contribution in [2.24, 2.45) is 0 Å². The SMILES string of the molecule is CCCCC[C@H](OCc1ccccc1)[C@H](O)[C@H]1C=CC[C@H](CC(=O)N(CCCCN(CCCO)S(=O)(=O)c2ccc(C)cc2)Cc2ccccc2)N1. The number of rotatable bonds is 23. The van der Waals surface area contributed by atoms with Crippen LogP contribution in [0.15, 0.2) is 102 Å². The number of ether oxygens (including phenoxy) is 1. The van der Waals surface area contributed by atoms with Gasteiger partial charge in [-0.1, -0.05) is 117 Å². The summed E-state index contributed by atoms with van der Waals surface area (Å²) in [6, 6.07) is 26.2. The predicted molar refractivity (Wildman–Crippen MR) is 207 cm³/mol. The normalized spacial score (nSPS) is 17.2. The first-order valence-electron chi connectivity index (χ1n) is 19.0. The lowest BCUT2D eigenvalue weighted by Gasteiger charge is -2.35. The van der Waals surface area contributed by atoms with E-state index in [9.17, 15) is 23.4 Å². The second-order valence-corrected chi connectivity index (χ2v) is 15.8. The second kappa shape index (κ2) is 22.0. The van der Waals surface area contributed by atoms with Gasteiger partial charge in [0.1, 0.15) is 0 Å². The molecule has 0 saturated carbocycles. The fourth-order valence-electron chi connectivity index (χ4n) is 6.58. The Morgan fingerprint density at radius 2 is 1.54 bits per heavy atom. The number of unbranched alkanes of at least 4 members (excludes halogenated alkanes) is 3. The first-order valence-corrected chi connectivity index (χ1v) is 20.4. The van der Waals surface area contributed by atoms with Gasteiger partial charge in [0.05, 0.1) is 29.8 Å². The molecule has 0 fully saturated rings. The summed E-state index contributed by atoms with van der Waals surface area (Å²) >= 11 is 0. The molecular formula is C42H59N3O6S. The number of aliphatic hydroxyl groups is 2. The van der Waals surface area contributed by atoms with Crippen LogP contribution in [-0.4, -0.2) is 84.3 Å². The topological polar surface area (TPSA) is 119 Å². The fraction of sp³-hybridized carbons (Fsp3) is 0.500. The molecule has 4 atom stereocenters. The van der Waals surface area contributed by atoms with E-state index < -0.39 is 16.1 Å². The highest BCUT2D eigenvalue weighted by molar-refractivity contribution is 7.89. The van der Waals surface area contributed by atoms with E-state index in [1.807, 2.05) is 78.6 Å². The molecule has 0 unspecified atom stereocenters. The summed E-state index contributed by atoms with van der Waals surface area (Å²) in [4.78, 5) is 16.0. The van der Waals surface area contributed by atoms with Gasteiger partial charge in [0.25, 0.3) is 0 Å². The van der Waals surface area contributed by atoms with Crippen molar-refractivity contribution in [3.8, 4) is 0 Å². The summed E-state index contributed by atoms with van der Waals surface area (Å²) < 4.78 is 34.7. The Morgan fingerprint density at radius 1 is 0.885 bits per heavy atom. The van der Waals surface area contributed by atoms with Gasteiger partial charge < -0.3 is 25.2 Å². The van der Waals surface area contributed by atoms with Crippen LogP contribution in [0.5, 0.6) is 0 Å². The molecule has 52 heavy (non-hydrogen) atoms. The lowest BCUT2D eigenvalue weighted by Crippen LogP contribution is -2.52. The van der Waals surface area contributed by atoms with Crippen molar-refractivity contribution in [1.29, 1.82) is 0 Å². The number of hydrogen-bond donors (Lipinski definition) is 3. The van der Waals surface area contributed by atoms with Crippen molar-refractivity contribution in [2.45, 2.75) is 114 Å². The molecule has 0 spiro atoms. The lowest BCUT2D eigenvalue weighted by atomic mass is 9.94. The van der Waals surface area contributed by atoms with Crippen molar-refractivity contribution >= 4 is 15.9 Å². The van der Waals surface area contributed by atoms with Crippen LogP contribution >= 0.6 is 0 Å². The molecule has 4 rings (SSSR count). The van der Waals surface area contributed by atoms with E-state index in [1.165, 1.54) is 4.31 Å². The van der Waals surface area contributed by atoms with Crippen LogP contribution in [0.4, 0.5) is 0 Å². The molecule has 0 aromatic heterocycles. The molecule has 0 saturated heterocycles. The van der Waals surface area contributed by atoms with Crippen LogP contribution in [-0.2, 0) is 32.7 Å². The number of carbonyl (C=O) groups excluding carboxylic acids is 1. The van der Waals surface area contributed by atoms with Gasteiger partial charge in [-0.2, -0.15) is 4.31 Å². The van der Waals surface area contributed by atoms with Gasteiger partial charge in [-0.25, -0.2) is 8.42 Å². The van der Waals surface area contributed by atoms with Gasteiger partial charge in [0.15, 0.2) is 0 Å². The van der Waals surface area contributed by atoms with Crippen LogP contribution in [0.3, 0.4) is 0 Å². The zero-order valence-corrected chi connectivity index (χ0v) is 31.8. The maximum absolute atomic E-state index is 13.9. The van der Waals surface area contributed by atoms with Gasteiger partial charge >= 0.3 is 0 Å². The average molecular weight is 734 g/mol. The Morgan fingerprint density at radius 3 is 2.21 bits per heavy atom. The average Bonchev–Trinajstić information content (AvgIpc) is 3.16. The smallest absolute Gasteiger partial charge is 0.243 e. The standard InChI is InChI=1S/C42H59N3O6S/c1-3-4-7-22-40(51-33-36-18-10-6-11-19-36)42(48)39-21-14-20-37(43-39)31-41(47)44(32-35-16-8-5-9-17-35)27-12-13-28-45(29-15-30-46)52(49,50)38-25-23-34(2)24-26-38/h5-6,8-11,14,16-19,21,23-26,37,39-40,42-43,46,48H,3-4,7,12-13,15,20,22,27-33H2,1-2H3/t37-,39-,40+,42-/m1/s1. The van der Waals surface area contributed by atoms with E-state index in [4.69, 9.17) is 4.74 Å². The monoisotopic (exact) mass is 733 g/mol. The molecule has 1 amide bonds. The number of nitrogens with one attached hydrogen (secondary N) is 1. The Hall–Kier alpha value is -3.38. The third kappa shape index (κ3) is 13.2. The van der Waals surface area contributed by atoms with Crippen molar-refractivity contribution in [3.05, 3.63) is 114 Å². The van der Waals surface area contributed by atoms with E-state index in [1.54, 1.807) is 24.3 Å². The first-order chi connectivity index (χ1) is 25.2. The maximum Gasteiger partial charge on any atom is 0.243 e. The van der Waals surface area contributed by atoms with Gasteiger partial charge in [0.2, 0.25) is 15.9 Å². The minimum Gasteiger partial charge on any atom is -0.396 e. The summed E-state index contributed by atoms with van der Waals surface area (Å²) in [5.74, 6) is 0.00845. The molecule has 1 aliphatic rings. The minimum atomic E-state index is -3.72. The van der Waals surface area contributed by atoms with Crippen molar-refractivity contribution in [1.82, 2.24) is 14.5 Å². The highest BCUT2D eigenvalue weighted by atomic mass is 32.2. The number of aryl methyl sites for hydroxylation is 1. The molecule has 1 aliphatic heterocycles. The van der Waals surface area contributed by atoms with Crippen LogP contribution in [0.2, 0.25) is 0 Å². The van der Waals surface area contributed by atoms with Gasteiger partial charge in [0, 0.05) is 45.2 Å². The van der Waals surface area contributed by atoms with Gasteiger partial charge in [-0.05, 0) is 62.3 Å². The molecule has 1 heterocycles. The van der Waals surface area contributed by atoms with E-state index >= 15 is 0 Å². The molecule has 3 N–H and O–H groups in total. The second-order valence-electron chi connectivity index (χ2n) is 13.9. The van der Waals surface area contributed by atoms with E-state index in [2.05, 4.69) is 18.3 Å².